The van der Waals surface area contributed by atoms with Crippen molar-refractivity contribution < 1.29 is 9.84 Å². The van der Waals surface area contributed by atoms with Crippen LogP contribution in [-0.4, -0.2) is 17.8 Å². The molecule has 1 atom stereocenters. The average molecular weight is 208 g/mol. The van der Waals surface area contributed by atoms with Gasteiger partial charge in [-0.3, -0.25) is 0 Å². The third-order valence-corrected chi connectivity index (χ3v) is 2.49. The fraction of sp³-hybridized carbons (Fsp3) is 0.538. The monoisotopic (exact) mass is 208 g/mol. The van der Waals surface area contributed by atoms with Crippen molar-refractivity contribution in [1.29, 1.82) is 0 Å². The summed E-state index contributed by atoms with van der Waals surface area (Å²) in [6.07, 6.45) is 1.33. The van der Waals surface area contributed by atoms with Gasteiger partial charge in [0.1, 0.15) is 5.75 Å². The van der Waals surface area contributed by atoms with Crippen molar-refractivity contribution in [1.82, 2.24) is 0 Å². The van der Waals surface area contributed by atoms with Crippen LogP contribution >= 0.6 is 0 Å². The zero-order valence-electron chi connectivity index (χ0n) is 9.73. The molecule has 0 saturated heterocycles. The van der Waals surface area contributed by atoms with E-state index in [1.54, 1.807) is 12.1 Å². The third-order valence-electron chi connectivity index (χ3n) is 2.49. The molecular formula is C13H20O2. The summed E-state index contributed by atoms with van der Waals surface area (Å²) >= 11 is 0. The first-order chi connectivity index (χ1) is 7.13. The molecule has 0 spiro atoms. The standard InChI is InChI=1S/C13H20O2/c1-4-11(9-15-10(2)3)12-5-7-13(14)8-6-12/h5-8,10-11,14H,4,9H2,1-3H3. The van der Waals surface area contributed by atoms with Gasteiger partial charge < -0.3 is 9.84 Å². The van der Waals surface area contributed by atoms with Gasteiger partial charge in [0.05, 0.1) is 12.7 Å². The minimum atomic E-state index is 0.274. The van der Waals surface area contributed by atoms with Gasteiger partial charge >= 0.3 is 0 Å². The Labute approximate surface area is 91.9 Å². The highest BCUT2D eigenvalue weighted by Crippen LogP contribution is 2.22. The molecule has 0 aliphatic heterocycles. The number of hydrogen-bond donors (Lipinski definition) is 1. The predicted octanol–water partition coefficient (Wildman–Crippen LogP) is 3.31. The molecule has 1 aromatic carbocycles. The highest BCUT2D eigenvalue weighted by Gasteiger charge is 2.10. The van der Waals surface area contributed by atoms with E-state index in [1.807, 2.05) is 26.0 Å². The Morgan fingerprint density at radius 2 is 1.80 bits per heavy atom. The Morgan fingerprint density at radius 1 is 1.20 bits per heavy atom. The number of rotatable bonds is 5. The Bertz CT molecular complexity index is 277. The van der Waals surface area contributed by atoms with Crippen LogP contribution in [0.5, 0.6) is 5.75 Å². The summed E-state index contributed by atoms with van der Waals surface area (Å²) in [5.74, 6) is 0.742. The van der Waals surface area contributed by atoms with Crippen molar-refractivity contribution >= 4 is 0 Å². The van der Waals surface area contributed by atoms with Crippen molar-refractivity contribution in [3.05, 3.63) is 29.8 Å². The maximum Gasteiger partial charge on any atom is 0.115 e. The van der Waals surface area contributed by atoms with Crippen LogP contribution in [-0.2, 0) is 4.74 Å². The fourth-order valence-electron chi connectivity index (χ4n) is 1.50. The van der Waals surface area contributed by atoms with Gasteiger partial charge in [-0.1, -0.05) is 19.1 Å². The molecular weight excluding hydrogens is 188 g/mol. The highest BCUT2D eigenvalue weighted by atomic mass is 16.5. The van der Waals surface area contributed by atoms with E-state index >= 15 is 0 Å². The maximum atomic E-state index is 9.20. The number of hydrogen-bond acceptors (Lipinski definition) is 2. The molecule has 1 N–H and O–H groups in total. The largest absolute Gasteiger partial charge is 0.508 e. The Kier molecular flexibility index (Phi) is 4.63. The van der Waals surface area contributed by atoms with Crippen LogP contribution in [0.4, 0.5) is 0 Å². The normalized spacial score (nSPS) is 13.1. The van der Waals surface area contributed by atoms with Crippen molar-refractivity contribution in [2.75, 3.05) is 6.61 Å². The van der Waals surface area contributed by atoms with Crippen LogP contribution in [0.25, 0.3) is 0 Å². The van der Waals surface area contributed by atoms with Crippen LogP contribution in [0, 0.1) is 0 Å². The zero-order valence-corrected chi connectivity index (χ0v) is 9.73. The van der Waals surface area contributed by atoms with Crippen molar-refractivity contribution in [3.63, 3.8) is 0 Å². The van der Waals surface area contributed by atoms with Crippen LogP contribution in [0.15, 0.2) is 24.3 Å². The van der Waals surface area contributed by atoms with Crippen molar-refractivity contribution in [2.24, 2.45) is 0 Å². The van der Waals surface area contributed by atoms with Gasteiger partial charge in [-0.05, 0) is 38.0 Å². The number of ether oxygens (including phenoxy) is 1. The molecule has 0 amide bonds. The number of phenolic OH excluding ortho intramolecular Hbond substituents is 1. The van der Waals surface area contributed by atoms with Crippen LogP contribution < -0.4 is 0 Å². The Balaban J connectivity index is 2.61. The maximum absolute atomic E-state index is 9.20. The summed E-state index contributed by atoms with van der Waals surface area (Å²) in [5.41, 5.74) is 1.23. The van der Waals surface area contributed by atoms with Crippen LogP contribution in [0.1, 0.15) is 38.7 Å². The van der Waals surface area contributed by atoms with Crippen LogP contribution in [0.3, 0.4) is 0 Å². The van der Waals surface area contributed by atoms with E-state index in [9.17, 15) is 5.11 Å². The Morgan fingerprint density at radius 3 is 2.27 bits per heavy atom. The Hall–Kier alpha value is -1.02. The zero-order chi connectivity index (χ0) is 11.3. The predicted molar refractivity (Wildman–Crippen MR) is 62.2 cm³/mol. The molecule has 2 heteroatoms. The summed E-state index contributed by atoms with van der Waals surface area (Å²) in [4.78, 5) is 0. The number of benzene rings is 1. The minimum absolute atomic E-state index is 0.274. The lowest BCUT2D eigenvalue weighted by molar-refractivity contribution is 0.0666. The topological polar surface area (TPSA) is 29.5 Å². The van der Waals surface area contributed by atoms with E-state index in [-0.39, 0.29) is 6.10 Å². The van der Waals surface area contributed by atoms with Gasteiger partial charge in [0.2, 0.25) is 0 Å². The molecule has 1 aromatic rings. The molecule has 0 radical (unpaired) electrons. The summed E-state index contributed by atoms with van der Waals surface area (Å²) < 4.78 is 5.62. The molecule has 0 aromatic heterocycles. The van der Waals surface area contributed by atoms with E-state index in [1.165, 1.54) is 5.56 Å². The highest BCUT2D eigenvalue weighted by molar-refractivity contribution is 5.28. The van der Waals surface area contributed by atoms with E-state index in [2.05, 4.69) is 6.92 Å². The molecule has 0 bridgehead atoms. The molecule has 0 aliphatic rings. The quantitative estimate of drug-likeness (QED) is 0.804. The van der Waals surface area contributed by atoms with Gasteiger partial charge in [-0.2, -0.15) is 0 Å². The lowest BCUT2D eigenvalue weighted by atomic mass is 9.97. The number of aromatic hydroxyl groups is 1. The number of phenols is 1. The summed E-state index contributed by atoms with van der Waals surface area (Å²) in [6, 6.07) is 7.39. The second-order valence-electron chi connectivity index (χ2n) is 4.08. The third kappa shape index (κ3) is 3.92. The summed E-state index contributed by atoms with van der Waals surface area (Å²) in [5, 5.41) is 9.20. The van der Waals surface area contributed by atoms with Crippen molar-refractivity contribution in [3.8, 4) is 5.75 Å². The van der Waals surface area contributed by atoms with Crippen LogP contribution in [0.2, 0.25) is 0 Å². The van der Waals surface area contributed by atoms with Crippen molar-refractivity contribution in [2.45, 2.75) is 39.2 Å². The molecule has 1 unspecified atom stereocenters. The first-order valence-electron chi connectivity index (χ1n) is 5.54. The molecule has 84 valence electrons. The lowest BCUT2D eigenvalue weighted by Crippen LogP contribution is -2.11. The molecule has 0 fully saturated rings. The van der Waals surface area contributed by atoms with E-state index in [0.29, 0.717) is 11.7 Å². The summed E-state index contributed by atoms with van der Waals surface area (Å²) in [6.45, 7) is 6.99. The van der Waals surface area contributed by atoms with Gasteiger partial charge in [-0.25, -0.2) is 0 Å². The molecule has 0 heterocycles. The fourth-order valence-corrected chi connectivity index (χ4v) is 1.50. The van der Waals surface area contributed by atoms with Gasteiger partial charge in [-0.15, -0.1) is 0 Å². The van der Waals surface area contributed by atoms with Gasteiger partial charge in [0, 0.05) is 5.92 Å². The molecule has 15 heavy (non-hydrogen) atoms. The summed E-state index contributed by atoms with van der Waals surface area (Å²) in [7, 11) is 0. The second-order valence-corrected chi connectivity index (χ2v) is 4.08. The lowest BCUT2D eigenvalue weighted by Gasteiger charge is -2.17. The van der Waals surface area contributed by atoms with E-state index < -0.39 is 0 Å². The molecule has 0 aliphatic carbocycles. The second kappa shape index (κ2) is 5.76. The smallest absolute Gasteiger partial charge is 0.115 e. The minimum Gasteiger partial charge on any atom is -0.508 e. The SMILES string of the molecule is CCC(COC(C)C)c1ccc(O)cc1. The van der Waals surface area contributed by atoms with E-state index in [4.69, 9.17) is 4.74 Å². The first-order valence-corrected chi connectivity index (χ1v) is 5.54. The first kappa shape index (κ1) is 12.1. The van der Waals surface area contributed by atoms with E-state index in [0.717, 1.165) is 13.0 Å². The van der Waals surface area contributed by atoms with Gasteiger partial charge in [0.15, 0.2) is 0 Å². The molecule has 2 nitrogen and oxygen atoms in total. The molecule has 0 saturated carbocycles. The molecule has 1 rings (SSSR count). The van der Waals surface area contributed by atoms with Gasteiger partial charge in [0.25, 0.3) is 0 Å². The average Bonchev–Trinajstić information content (AvgIpc) is 2.21.